The van der Waals surface area contributed by atoms with E-state index in [-0.39, 0.29) is 30.0 Å². The van der Waals surface area contributed by atoms with Gasteiger partial charge in [-0.15, -0.1) is 0 Å². The maximum Gasteiger partial charge on any atom is 0.335 e. The summed E-state index contributed by atoms with van der Waals surface area (Å²) < 4.78 is 0. The lowest BCUT2D eigenvalue weighted by molar-refractivity contribution is -0.118. The first kappa shape index (κ1) is 23.1. The summed E-state index contributed by atoms with van der Waals surface area (Å²) in [5.74, 6) is -1.11. The van der Waals surface area contributed by atoms with Crippen LogP contribution in [0.25, 0.3) is 11.1 Å². The van der Waals surface area contributed by atoms with Gasteiger partial charge in [0.1, 0.15) is 0 Å². The molecule has 3 N–H and O–H groups in total. The molecule has 3 unspecified atom stereocenters. The van der Waals surface area contributed by atoms with Crippen LogP contribution in [0.1, 0.15) is 52.2 Å². The van der Waals surface area contributed by atoms with Crippen LogP contribution in [0, 0.1) is 6.92 Å². The first-order valence-corrected chi connectivity index (χ1v) is 12.7. The second-order valence-corrected chi connectivity index (χ2v) is 10.6. The molecule has 2 aliphatic heterocycles. The molecule has 184 valence electrons. The molecule has 2 fully saturated rings. The van der Waals surface area contributed by atoms with Gasteiger partial charge in [-0.3, -0.25) is 4.79 Å². The number of aryl methyl sites for hydroxylation is 1. The van der Waals surface area contributed by atoms with Crippen molar-refractivity contribution < 1.29 is 19.8 Å². The SMILES string of the molecule is Cc1ccc(C2CC23C(=O)Nc2cc(Cl)c(-c4ccc(N5CCCC5CO)cc4)cc23)cc1C(=O)O. The number of amides is 1. The molecule has 0 aromatic heterocycles. The molecule has 6 nitrogen and oxygen atoms in total. The number of carbonyl (C=O) groups excluding carboxylic acids is 1. The van der Waals surface area contributed by atoms with Crippen LogP contribution in [-0.4, -0.2) is 41.3 Å². The molecule has 1 aliphatic carbocycles. The van der Waals surface area contributed by atoms with Crippen LogP contribution in [0.15, 0.2) is 54.6 Å². The number of anilines is 2. The number of nitrogens with one attached hydrogen (secondary N) is 1. The number of aliphatic hydroxyl groups is 1. The van der Waals surface area contributed by atoms with Gasteiger partial charge in [-0.2, -0.15) is 0 Å². The Morgan fingerprint density at radius 2 is 1.94 bits per heavy atom. The fourth-order valence-electron chi connectivity index (χ4n) is 6.12. The third-order valence-electron chi connectivity index (χ3n) is 8.19. The van der Waals surface area contributed by atoms with E-state index < -0.39 is 11.4 Å². The lowest BCUT2D eigenvalue weighted by atomic mass is 9.89. The van der Waals surface area contributed by atoms with Gasteiger partial charge in [0, 0.05) is 29.4 Å². The lowest BCUT2D eigenvalue weighted by Gasteiger charge is -2.25. The number of aliphatic hydroxyl groups excluding tert-OH is 1. The Morgan fingerprint density at radius 1 is 1.17 bits per heavy atom. The lowest BCUT2D eigenvalue weighted by Crippen LogP contribution is -2.31. The average Bonchev–Trinajstić information content (AvgIpc) is 3.33. The van der Waals surface area contributed by atoms with E-state index in [0.29, 0.717) is 17.0 Å². The molecular formula is C29H27ClN2O4. The number of aromatic carboxylic acids is 1. The highest BCUT2D eigenvalue weighted by molar-refractivity contribution is 6.34. The highest BCUT2D eigenvalue weighted by Gasteiger charge is 2.65. The second-order valence-electron chi connectivity index (χ2n) is 10.2. The molecule has 6 rings (SSSR count). The van der Waals surface area contributed by atoms with Gasteiger partial charge in [0.25, 0.3) is 0 Å². The van der Waals surface area contributed by atoms with E-state index >= 15 is 0 Å². The highest BCUT2D eigenvalue weighted by atomic mass is 35.5. The molecule has 2 heterocycles. The van der Waals surface area contributed by atoms with E-state index in [1.54, 1.807) is 13.0 Å². The molecule has 36 heavy (non-hydrogen) atoms. The molecule has 0 bridgehead atoms. The molecule has 0 radical (unpaired) electrons. The summed E-state index contributed by atoms with van der Waals surface area (Å²) in [6.45, 7) is 2.86. The summed E-state index contributed by atoms with van der Waals surface area (Å²) >= 11 is 6.68. The highest BCUT2D eigenvalue weighted by Crippen LogP contribution is 2.65. The zero-order chi connectivity index (χ0) is 25.2. The maximum atomic E-state index is 13.2. The Balaban J connectivity index is 1.35. The molecule has 1 amide bonds. The van der Waals surface area contributed by atoms with Crippen molar-refractivity contribution in [2.45, 2.75) is 43.6 Å². The predicted octanol–water partition coefficient (Wildman–Crippen LogP) is 5.35. The topological polar surface area (TPSA) is 89.9 Å². The Bertz CT molecular complexity index is 1400. The Hall–Kier alpha value is -3.35. The quantitative estimate of drug-likeness (QED) is 0.437. The van der Waals surface area contributed by atoms with E-state index in [4.69, 9.17) is 11.6 Å². The van der Waals surface area contributed by atoms with Crippen molar-refractivity contribution in [3.63, 3.8) is 0 Å². The number of nitrogens with zero attached hydrogens (tertiary/aromatic N) is 1. The summed E-state index contributed by atoms with van der Waals surface area (Å²) in [7, 11) is 0. The normalized spacial score (nSPS) is 24.2. The van der Waals surface area contributed by atoms with E-state index in [0.717, 1.165) is 53.0 Å². The summed E-state index contributed by atoms with van der Waals surface area (Å²) in [6.07, 6.45) is 2.70. The number of hydrogen-bond acceptors (Lipinski definition) is 4. The van der Waals surface area contributed by atoms with Crippen molar-refractivity contribution in [2.75, 3.05) is 23.4 Å². The van der Waals surface area contributed by atoms with Crippen LogP contribution in [0.5, 0.6) is 0 Å². The fourth-order valence-corrected chi connectivity index (χ4v) is 6.39. The minimum absolute atomic E-state index is 0.0624. The molecule has 1 saturated heterocycles. The van der Waals surface area contributed by atoms with E-state index in [1.165, 1.54) is 0 Å². The van der Waals surface area contributed by atoms with Crippen LogP contribution in [0.2, 0.25) is 5.02 Å². The first-order chi connectivity index (χ1) is 17.3. The number of benzene rings is 3. The van der Waals surface area contributed by atoms with Crippen molar-refractivity contribution in [1.82, 2.24) is 0 Å². The third kappa shape index (κ3) is 3.43. The smallest absolute Gasteiger partial charge is 0.335 e. The summed E-state index contributed by atoms with van der Waals surface area (Å²) in [6, 6.07) is 17.6. The Labute approximate surface area is 214 Å². The van der Waals surface area contributed by atoms with Gasteiger partial charge in [-0.25, -0.2) is 4.79 Å². The van der Waals surface area contributed by atoms with Crippen LogP contribution < -0.4 is 10.2 Å². The number of carbonyl (C=O) groups is 2. The Morgan fingerprint density at radius 3 is 2.67 bits per heavy atom. The molecule has 3 aromatic rings. The summed E-state index contributed by atoms with van der Waals surface area (Å²) in [5.41, 5.74) is 5.67. The molecule has 7 heteroatoms. The number of halogens is 1. The van der Waals surface area contributed by atoms with Gasteiger partial charge in [-0.1, -0.05) is 35.9 Å². The fraction of sp³-hybridized carbons (Fsp3) is 0.310. The van der Waals surface area contributed by atoms with Crippen LogP contribution >= 0.6 is 11.6 Å². The van der Waals surface area contributed by atoms with Crippen molar-refractivity contribution in [1.29, 1.82) is 0 Å². The molecule has 3 aliphatic rings. The molecule has 3 atom stereocenters. The summed E-state index contributed by atoms with van der Waals surface area (Å²) in [4.78, 5) is 27.1. The number of hydrogen-bond donors (Lipinski definition) is 3. The van der Waals surface area contributed by atoms with Gasteiger partial charge in [0.15, 0.2) is 0 Å². The van der Waals surface area contributed by atoms with Crippen LogP contribution in [0.4, 0.5) is 11.4 Å². The largest absolute Gasteiger partial charge is 0.478 e. The van der Waals surface area contributed by atoms with Crippen molar-refractivity contribution in [2.24, 2.45) is 0 Å². The summed E-state index contributed by atoms with van der Waals surface area (Å²) in [5, 5.41) is 22.8. The first-order valence-electron chi connectivity index (χ1n) is 12.3. The van der Waals surface area contributed by atoms with Gasteiger partial charge in [-0.05, 0) is 78.8 Å². The molecule has 1 spiro atoms. The number of fused-ring (bicyclic) bond motifs is 2. The van der Waals surface area contributed by atoms with Gasteiger partial charge < -0.3 is 20.4 Å². The maximum absolute atomic E-state index is 13.2. The Kier molecular flexibility index (Phi) is 5.36. The van der Waals surface area contributed by atoms with Crippen molar-refractivity contribution in [3.05, 3.63) is 81.9 Å². The second kappa shape index (κ2) is 8.36. The zero-order valence-electron chi connectivity index (χ0n) is 19.9. The van der Waals surface area contributed by atoms with E-state index in [2.05, 4.69) is 22.3 Å². The minimum atomic E-state index is -0.961. The molecule has 1 saturated carbocycles. The third-order valence-corrected chi connectivity index (χ3v) is 8.51. The van der Waals surface area contributed by atoms with Gasteiger partial charge >= 0.3 is 5.97 Å². The van der Waals surface area contributed by atoms with Gasteiger partial charge in [0.2, 0.25) is 5.91 Å². The average molecular weight is 503 g/mol. The standard InChI is InChI=1S/C29H27ClN2O4/c1-16-4-5-18(11-21(16)27(34)35)24-14-29(24)23-12-22(25(30)13-26(23)31-28(29)36)17-6-8-19(9-7-17)32-10-2-3-20(32)15-33/h4-9,11-13,20,24,33H,2-3,10,14-15H2,1H3,(H,31,36)(H,34,35). The number of carboxylic acid groups (broad SMARTS) is 1. The van der Waals surface area contributed by atoms with Gasteiger partial charge in [0.05, 0.1) is 28.6 Å². The number of carboxylic acids is 1. The monoisotopic (exact) mass is 502 g/mol. The van der Waals surface area contributed by atoms with Crippen molar-refractivity contribution >= 4 is 34.9 Å². The predicted molar refractivity (Wildman–Crippen MR) is 140 cm³/mol. The zero-order valence-corrected chi connectivity index (χ0v) is 20.7. The van der Waals surface area contributed by atoms with E-state index in [1.807, 2.05) is 36.4 Å². The van der Waals surface area contributed by atoms with Crippen LogP contribution in [0.3, 0.4) is 0 Å². The van der Waals surface area contributed by atoms with Crippen molar-refractivity contribution in [3.8, 4) is 11.1 Å². The number of rotatable bonds is 5. The van der Waals surface area contributed by atoms with E-state index in [9.17, 15) is 19.8 Å². The minimum Gasteiger partial charge on any atom is -0.478 e. The molecular weight excluding hydrogens is 476 g/mol. The molecule has 3 aromatic carbocycles. The van der Waals surface area contributed by atoms with Crippen LogP contribution in [-0.2, 0) is 10.2 Å².